The second-order valence-corrected chi connectivity index (χ2v) is 6.46. The second-order valence-electron chi connectivity index (χ2n) is 6.46. The minimum Gasteiger partial charge on any atom is -0.347 e. The lowest BCUT2D eigenvalue weighted by molar-refractivity contribution is -0.117. The van der Waals surface area contributed by atoms with Crippen LogP contribution in [0.1, 0.15) is 22.6 Å². The van der Waals surface area contributed by atoms with Gasteiger partial charge in [-0.25, -0.2) is 9.97 Å². The van der Waals surface area contributed by atoms with Gasteiger partial charge in [-0.2, -0.15) is 0 Å². The third-order valence-electron chi connectivity index (χ3n) is 4.75. The number of carbonyl (C=O) groups excluding carboxylic acids is 2. The maximum absolute atomic E-state index is 12.8. The number of para-hydroxylation sites is 1. The number of amides is 2. The van der Waals surface area contributed by atoms with E-state index in [0.717, 1.165) is 11.5 Å². The summed E-state index contributed by atoms with van der Waals surface area (Å²) in [7, 11) is 1.87. The Balaban J connectivity index is 1.54. The van der Waals surface area contributed by atoms with E-state index >= 15 is 0 Å². The van der Waals surface area contributed by atoms with Crippen molar-refractivity contribution in [3.05, 3.63) is 54.0 Å². The summed E-state index contributed by atoms with van der Waals surface area (Å²) in [5, 5.41) is 2.97. The summed E-state index contributed by atoms with van der Waals surface area (Å²) < 4.78 is 1.85. The molecule has 1 saturated heterocycles. The molecule has 1 aliphatic rings. The highest BCUT2D eigenvalue weighted by Crippen LogP contribution is 2.22. The molecule has 2 aromatic heterocycles. The molecule has 7 nitrogen and oxygen atoms in total. The molecule has 1 atom stereocenters. The molecule has 1 fully saturated rings. The third kappa shape index (κ3) is 2.71. The van der Waals surface area contributed by atoms with Crippen molar-refractivity contribution in [1.29, 1.82) is 0 Å². The molecule has 0 spiro atoms. The molecule has 0 saturated carbocycles. The number of anilines is 1. The first-order valence-corrected chi connectivity index (χ1v) is 8.49. The molecule has 132 valence electrons. The molecule has 0 radical (unpaired) electrons. The highest BCUT2D eigenvalue weighted by molar-refractivity contribution is 6.05. The number of nitrogens with one attached hydrogen (secondary N) is 1. The fourth-order valence-corrected chi connectivity index (χ4v) is 3.30. The zero-order chi connectivity index (χ0) is 18.3. The average Bonchev–Trinajstić information content (AvgIpc) is 3.15. The number of nitrogens with zero attached hydrogens (tertiary/aromatic N) is 4. The number of aryl methyl sites for hydroxylation is 2. The van der Waals surface area contributed by atoms with E-state index in [1.807, 2.05) is 48.9 Å². The molecule has 1 aromatic carbocycles. The molecule has 7 heteroatoms. The van der Waals surface area contributed by atoms with Crippen molar-refractivity contribution in [1.82, 2.24) is 19.9 Å². The van der Waals surface area contributed by atoms with E-state index in [4.69, 9.17) is 0 Å². The van der Waals surface area contributed by atoms with Crippen LogP contribution in [0.5, 0.6) is 0 Å². The number of pyridine rings is 1. The molecule has 1 unspecified atom stereocenters. The van der Waals surface area contributed by atoms with Crippen LogP contribution in [0.15, 0.2) is 42.6 Å². The molecular formula is C19H19N5O2. The Morgan fingerprint density at radius 3 is 2.77 bits per heavy atom. The van der Waals surface area contributed by atoms with Crippen LogP contribution in [0, 0.1) is 6.92 Å². The average molecular weight is 349 g/mol. The monoisotopic (exact) mass is 349 g/mol. The Hall–Kier alpha value is -3.22. The Labute approximate surface area is 150 Å². The highest BCUT2D eigenvalue weighted by Gasteiger charge is 2.32. The lowest BCUT2D eigenvalue weighted by Crippen LogP contribution is -2.37. The van der Waals surface area contributed by atoms with Gasteiger partial charge in [0.25, 0.3) is 5.91 Å². The molecule has 26 heavy (non-hydrogen) atoms. The number of imidazole rings is 1. The molecule has 3 heterocycles. The topological polar surface area (TPSA) is 80.1 Å². The number of hydrogen-bond acceptors (Lipinski definition) is 4. The fraction of sp³-hybridized carbons (Fsp3) is 0.263. The first-order chi connectivity index (χ1) is 12.5. The molecule has 1 N–H and O–H groups in total. The van der Waals surface area contributed by atoms with E-state index < -0.39 is 0 Å². The van der Waals surface area contributed by atoms with Gasteiger partial charge in [0, 0.05) is 31.9 Å². The lowest BCUT2D eigenvalue weighted by Gasteiger charge is -2.17. The van der Waals surface area contributed by atoms with Crippen LogP contribution in [0.2, 0.25) is 0 Å². The van der Waals surface area contributed by atoms with Gasteiger partial charge in [0.2, 0.25) is 5.91 Å². The summed E-state index contributed by atoms with van der Waals surface area (Å²) in [5.41, 5.74) is 2.57. The molecule has 3 aromatic rings. The summed E-state index contributed by atoms with van der Waals surface area (Å²) in [6, 6.07) is 10.9. The van der Waals surface area contributed by atoms with E-state index in [1.165, 1.54) is 0 Å². The summed E-state index contributed by atoms with van der Waals surface area (Å²) in [6.45, 7) is 2.33. The number of benzene rings is 1. The fourth-order valence-electron chi connectivity index (χ4n) is 3.30. The van der Waals surface area contributed by atoms with Gasteiger partial charge in [0.15, 0.2) is 5.65 Å². The number of carbonyl (C=O) groups is 2. The Bertz CT molecular complexity index is 996. The normalized spacial score (nSPS) is 17.1. The van der Waals surface area contributed by atoms with Crippen molar-refractivity contribution < 1.29 is 9.59 Å². The van der Waals surface area contributed by atoms with Crippen LogP contribution >= 0.6 is 0 Å². The van der Waals surface area contributed by atoms with Gasteiger partial charge in [-0.05, 0) is 25.1 Å². The van der Waals surface area contributed by atoms with Crippen LogP contribution in [-0.4, -0.2) is 38.9 Å². The zero-order valence-electron chi connectivity index (χ0n) is 14.6. The quantitative estimate of drug-likeness (QED) is 0.782. The predicted molar refractivity (Wildman–Crippen MR) is 97.9 cm³/mol. The van der Waals surface area contributed by atoms with Crippen molar-refractivity contribution >= 4 is 28.7 Å². The van der Waals surface area contributed by atoms with E-state index in [-0.39, 0.29) is 24.3 Å². The highest BCUT2D eigenvalue weighted by atomic mass is 16.2. The van der Waals surface area contributed by atoms with E-state index in [0.29, 0.717) is 23.3 Å². The number of hydrogen-bond donors (Lipinski definition) is 1. The van der Waals surface area contributed by atoms with Gasteiger partial charge < -0.3 is 14.8 Å². The SMILES string of the molecule is Cc1nc2c(C(=O)NC3CC(=O)N(c4ccccc4)C3)ccnc2n1C. The van der Waals surface area contributed by atoms with Crippen LogP contribution < -0.4 is 10.2 Å². The number of aromatic nitrogens is 3. The molecule has 2 amide bonds. The number of rotatable bonds is 3. The molecule has 1 aliphatic heterocycles. The maximum Gasteiger partial charge on any atom is 0.253 e. The van der Waals surface area contributed by atoms with E-state index in [9.17, 15) is 9.59 Å². The molecule has 0 aliphatic carbocycles. The van der Waals surface area contributed by atoms with Crippen molar-refractivity contribution in [3.63, 3.8) is 0 Å². The van der Waals surface area contributed by atoms with Crippen molar-refractivity contribution in [3.8, 4) is 0 Å². The zero-order valence-corrected chi connectivity index (χ0v) is 14.6. The minimum atomic E-state index is -0.233. The van der Waals surface area contributed by atoms with E-state index in [1.54, 1.807) is 17.2 Å². The Morgan fingerprint density at radius 1 is 1.23 bits per heavy atom. The largest absolute Gasteiger partial charge is 0.347 e. The van der Waals surface area contributed by atoms with E-state index in [2.05, 4.69) is 15.3 Å². The molecule has 0 bridgehead atoms. The maximum atomic E-state index is 12.8. The van der Waals surface area contributed by atoms with Gasteiger partial charge in [-0.3, -0.25) is 9.59 Å². The van der Waals surface area contributed by atoms with Crippen molar-refractivity contribution in [2.75, 3.05) is 11.4 Å². The van der Waals surface area contributed by atoms with Gasteiger partial charge in [0.1, 0.15) is 11.3 Å². The summed E-state index contributed by atoms with van der Waals surface area (Å²) in [4.78, 5) is 35.5. The van der Waals surface area contributed by atoms with Crippen LogP contribution in [0.4, 0.5) is 5.69 Å². The first kappa shape index (κ1) is 16.3. The summed E-state index contributed by atoms with van der Waals surface area (Å²) in [6.07, 6.45) is 1.89. The first-order valence-electron chi connectivity index (χ1n) is 8.49. The summed E-state index contributed by atoms with van der Waals surface area (Å²) in [5.74, 6) is 0.567. The third-order valence-corrected chi connectivity index (χ3v) is 4.75. The van der Waals surface area contributed by atoms with Gasteiger partial charge in [-0.1, -0.05) is 18.2 Å². The molecular weight excluding hydrogens is 330 g/mol. The second kappa shape index (κ2) is 6.25. The van der Waals surface area contributed by atoms with Crippen LogP contribution in [0.3, 0.4) is 0 Å². The predicted octanol–water partition coefficient (Wildman–Crippen LogP) is 1.81. The smallest absolute Gasteiger partial charge is 0.253 e. The number of fused-ring (bicyclic) bond motifs is 1. The van der Waals surface area contributed by atoms with Crippen molar-refractivity contribution in [2.24, 2.45) is 7.05 Å². The van der Waals surface area contributed by atoms with Crippen molar-refractivity contribution in [2.45, 2.75) is 19.4 Å². The van der Waals surface area contributed by atoms with Crippen LogP contribution in [-0.2, 0) is 11.8 Å². The van der Waals surface area contributed by atoms with Crippen LogP contribution in [0.25, 0.3) is 11.2 Å². The Kier molecular flexibility index (Phi) is 3.91. The minimum absolute atomic E-state index is 0.00931. The molecule has 4 rings (SSSR count). The standard InChI is InChI=1S/C19H19N5O2/c1-12-21-17-15(8-9-20-18(17)23(12)2)19(26)22-13-10-16(25)24(11-13)14-6-4-3-5-7-14/h3-9,13H,10-11H2,1-2H3,(H,22,26). The summed E-state index contributed by atoms with van der Waals surface area (Å²) >= 11 is 0. The van der Waals surface area contributed by atoms with Gasteiger partial charge in [-0.15, -0.1) is 0 Å². The Morgan fingerprint density at radius 2 is 2.00 bits per heavy atom. The van der Waals surface area contributed by atoms with Gasteiger partial charge >= 0.3 is 0 Å². The lowest BCUT2D eigenvalue weighted by atomic mass is 10.2. The van der Waals surface area contributed by atoms with Gasteiger partial charge in [0.05, 0.1) is 11.6 Å².